The van der Waals surface area contributed by atoms with E-state index in [0.29, 0.717) is 11.7 Å². The van der Waals surface area contributed by atoms with Crippen LogP contribution < -0.4 is 0 Å². The minimum atomic E-state index is 0.0628. The zero-order valence-electron chi connectivity index (χ0n) is 15.2. The highest BCUT2D eigenvalue weighted by atomic mass is 16.2. The topological polar surface area (TPSA) is 61.9 Å². The zero-order valence-corrected chi connectivity index (χ0v) is 15.2. The van der Waals surface area contributed by atoms with Crippen LogP contribution in [-0.4, -0.2) is 33.4 Å². The third-order valence-corrected chi connectivity index (χ3v) is 5.38. The molecule has 1 aliphatic rings. The van der Waals surface area contributed by atoms with Crippen molar-refractivity contribution >= 4 is 16.9 Å². The quantitative estimate of drug-likeness (QED) is 0.718. The lowest BCUT2D eigenvalue weighted by Crippen LogP contribution is -2.40. The number of rotatable bonds is 4. The Morgan fingerprint density at radius 3 is 2.52 bits per heavy atom. The number of amides is 1. The van der Waals surface area contributed by atoms with E-state index in [1.165, 1.54) is 5.56 Å². The number of fused-ring (bicyclic) bond motifs is 1. The summed E-state index contributed by atoms with van der Waals surface area (Å²) in [5.74, 6) is 0.983. The van der Waals surface area contributed by atoms with Gasteiger partial charge in [0.2, 0.25) is 11.7 Å². The van der Waals surface area contributed by atoms with E-state index in [4.69, 9.17) is 0 Å². The lowest BCUT2D eigenvalue weighted by Gasteiger charge is -2.32. The SMILES string of the molecule is N#Cc1nc2ccccc2n1CC(=O)N1CCC(Cc2ccccc2)CC1. The van der Waals surface area contributed by atoms with Gasteiger partial charge in [0.05, 0.1) is 11.0 Å². The third-order valence-electron chi connectivity index (χ3n) is 5.38. The van der Waals surface area contributed by atoms with Gasteiger partial charge in [-0.15, -0.1) is 0 Å². The van der Waals surface area contributed by atoms with Crippen molar-refractivity contribution in [3.8, 4) is 6.07 Å². The molecule has 2 aromatic carbocycles. The zero-order chi connectivity index (χ0) is 18.6. The highest BCUT2D eigenvalue weighted by molar-refractivity contribution is 5.81. The molecule has 1 saturated heterocycles. The summed E-state index contributed by atoms with van der Waals surface area (Å²) in [7, 11) is 0. The number of hydrogen-bond acceptors (Lipinski definition) is 3. The van der Waals surface area contributed by atoms with Crippen molar-refractivity contribution in [2.45, 2.75) is 25.8 Å². The van der Waals surface area contributed by atoms with Crippen molar-refractivity contribution in [1.82, 2.24) is 14.5 Å². The van der Waals surface area contributed by atoms with Gasteiger partial charge in [-0.25, -0.2) is 4.98 Å². The summed E-state index contributed by atoms with van der Waals surface area (Å²) in [6, 6.07) is 20.2. The van der Waals surface area contributed by atoms with Gasteiger partial charge in [0.1, 0.15) is 12.6 Å². The van der Waals surface area contributed by atoms with Crippen LogP contribution in [0.15, 0.2) is 54.6 Å². The summed E-state index contributed by atoms with van der Waals surface area (Å²) in [5, 5.41) is 9.36. The molecular formula is C22H22N4O. The smallest absolute Gasteiger partial charge is 0.242 e. The van der Waals surface area contributed by atoms with Crippen LogP contribution in [0.25, 0.3) is 11.0 Å². The molecule has 1 amide bonds. The fourth-order valence-electron chi connectivity index (χ4n) is 3.89. The summed E-state index contributed by atoms with van der Waals surface area (Å²) >= 11 is 0. The molecular weight excluding hydrogens is 336 g/mol. The molecule has 0 unspecified atom stereocenters. The Morgan fingerprint density at radius 2 is 1.78 bits per heavy atom. The average molecular weight is 358 g/mol. The molecule has 0 spiro atoms. The number of imidazole rings is 1. The minimum absolute atomic E-state index is 0.0628. The number of likely N-dealkylation sites (tertiary alicyclic amines) is 1. The number of aromatic nitrogens is 2. The van der Waals surface area contributed by atoms with E-state index in [1.807, 2.05) is 35.2 Å². The predicted molar refractivity (Wildman–Crippen MR) is 104 cm³/mol. The van der Waals surface area contributed by atoms with Crippen molar-refractivity contribution < 1.29 is 4.79 Å². The molecule has 0 N–H and O–H groups in total. The first-order valence-electron chi connectivity index (χ1n) is 9.41. The summed E-state index contributed by atoms with van der Waals surface area (Å²) in [6.45, 7) is 1.74. The van der Waals surface area contributed by atoms with Gasteiger partial charge in [-0.05, 0) is 42.9 Å². The van der Waals surface area contributed by atoms with Crippen molar-refractivity contribution in [2.24, 2.45) is 5.92 Å². The molecule has 1 aliphatic heterocycles. The van der Waals surface area contributed by atoms with Gasteiger partial charge in [0.15, 0.2) is 0 Å². The van der Waals surface area contributed by atoms with Gasteiger partial charge in [0.25, 0.3) is 0 Å². The van der Waals surface area contributed by atoms with Crippen molar-refractivity contribution in [3.63, 3.8) is 0 Å². The maximum Gasteiger partial charge on any atom is 0.242 e. The van der Waals surface area contributed by atoms with Crippen LogP contribution in [0.1, 0.15) is 24.2 Å². The maximum atomic E-state index is 12.8. The van der Waals surface area contributed by atoms with Crippen LogP contribution in [0.5, 0.6) is 0 Å². The Morgan fingerprint density at radius 1 is 1.07 bits per heavy atom. The molecule has 0 bridgehead atoms. The molecule has 5 heteroatoms. The highest BCUT2D eigenvalue weighted by Gasteiger charge is 2.24. The molecule has 0 saturated carbocycles. The molecule has 0 atom stereocenters. The third kappa shape index (κ3) is 3.70. The predicted octanol–water partition coefficient (Wildman–Crippen LogP) is 3.39. The van der Waals surface area contributed by atoms with Crippen molar-refractivity contribution in [3.05, 3.63) is 66.0 Å². The van der Waals surface area contributed by atoms with E-state index in [1.54, 1.807) is 4.57 Å². The summed E-state index contributed by atoms with van der Waals surface area (Å²) < 4.78 is 1.73. The highest BCUT2D eigenvalue weighted by Crippen LogP contribution is 2.22. The fourth-order valence-corrected chi connectivity index (χ4v) is 3.89. The molecule has 4 rings (SSSR count). The second-order valence-corrected chi connectivity index (χ2v) is 7.14. The first kappa shape index (κ1) is 17.3. The second kappa shape index (κ2) is 7.63. The van der Waals surface area contributed by atoms with E-state index in [9.17, 15) is 10.1 Å². The first-order chi connectivity index (χ1) is 13.2. The van der Waals surface area contributed by atoms with Gasteiger partial charge in [0, 0.05) is 13.1 Å². The number of carbonyl (C=O) groups excluding carboxylic acids is 1. The number of nitrogens with zero attached hydrogens (tertiary/aromatic N) is 4. The standard InChI is InChI=1S/C22H22N4O/c23-15-21-24-19-8-4-5-9-20(19)26(21)16-22(27)25-12-10-18(11-13-25)14-17-6-2-1-3-7-17/h1-9,18H,10-14,16H2. The number of carbonyl (C=O) groups is 1. The van der Waals surface area contributed by atoms with Gasteiger partial charge in [-0.3, -0.25) is 4.79 Å². The Bertz CT molecular complexity index is 978. The van der Waals surface area contributed by atoms with Crippen LogP contribution in [0.4, 0.5) is 0 Å². The number of benzene rings is 2. The summed E-state index contributed by atoms with van der Waals surface area (Å²) in [4.78, 5) is 19.1. The lowest BCUT2D eigenvalue weighted by molar-refractivity contribution is -0.133. The average Bonchev–Trinajstić information content (AvgIpc) is 3.07. The van der Waals surface area contributed by atoms with Crippen LogP contribution in [0, 0.1) is 17.2 Å². The van der Waals surface area contributed by atoms with E-state index in [-0.39, 0.29) is 12.5 Å². The van der Waals surface area contributed by atoms with Crippen LogP contribution in [0.3, 0.4) is 0 Å². The van der Waals surface area contributed by atoms with E-state index < -0.39 is 0 Å². The van der Waals surface area contributed by atoms with E-state index >= 15 is 0 Å². The first-order valence-corrected chi connectivity index (χ1v) is 9.41. The number of hydrogen-bond donors (Lipinski definition) is 0. The molecule has 1 fully saturated rings. The van der Waals surface area contributed by atoms with E-state index in [0.717, 1.165) is 43.4 Å². The molecule has 27 heavy (non-hydrogen) atoms. The lowest BCUT2D eigenvalue weighted by atomic mass is 9.90. The molecule has 0 aliphatic carbocycles. The molecule has 5 nitrogen and oxygen atoms in total. The summed E-state index contributed by atoms with van der Waals surface area (Å²) in [6.07, 6.45) is 3.13. The van der Waals surface area contributed by atoms with Gasteiger partial charge >= 0.3 is 0 Å². The molecule has 0 radical (unpaired) electrons. The Balaban J connectivity index is 1.40. The number of nitriles is 1. The Labute approximate surface area is 158 Å². The Hall–Kier alpha value is -3.13. The Kier molecular flexibility index (Phi) is 4.88. The molecule has 3 aromatic rings. The fraction of sp³-hybridized carbons (Fsp3) is 0.318. The largest absolute Gasteiger partial charge is 0.341 e. The van der Waals surface area contributed by atoms with Crippen molar-refractivity contribution in [1.29, 1.82) is 5.26 Å². The van der Waals surface area contributed by atoms with Gasteiger partial charge in [-0.1, -0.05) is 42.5 Å². The van der Waals surface area contributed by atoms with Crippen molar-refractivity contribution in [2.75, 3.05) is 13.1 Å². The van der Waals surface area contributed by atoms with Crippen LogP contribution in [0.2, 0.25) is 0 Å². The number of piperidine rings is 1. The molecule has 136 valence electrons. The van der Waals surface area contributed by atoms with E-state index in [2.05, 4.69) is 35.3 Å². The van der Waals surface area contributed by atoms with Crippen LogP contribution in [-0.2, 0) is 17.8 Å². The second-order valence-electron chi connectivity index (χ2n) is 7.14. The molecule has 1 aromatic heterocycles. The minimum Gasteiger partial charge on any atom is -0.341 e. The normalized spacial score (nSPS) is 15.0. The monoisotopic (exact) mass is 358 g/mol. The summed E-state index contributed by atoms with van der Waals surface area (Å²) in [5.41, 5.74) is 2.95. The van der Waals surface area contributed by atoms with Crippen LogP contribution >= 0.6 is 0 Å². The van der Waals surface area contributed by atoms with Gasteiger partial charge < -0.3 is 9.47 Å². The number of para-hydroxylation sites is 2. The maximum absolute atomic E-state index is 12.8. The van der Waals surface area contributed by atoms with Gasteiger partial charge in [-0.2, -0.15) is 5.26 Å². The molecule has 2 heterocycles.